The summed E-state index contributed by atoms with van der Waals surface area (Å²) in [7, 11) is 0. The predicted molar refractivity (Wildman–Crippen MR) is 115 cm³/mol. The number of carbonyl (C=O) groups is 2. The molecule has 4 rings (SSSR count). The van der Waals surface area contributed by atoms with Crippen LogP contribution in [-0.2, 0) is 16.0 Å². The molecule has 0 spiro atoms. The van der Waals surface area contributed by atoms with E-state index in [1.54, 1.807) is 24.3 Å². The minimum absolute atomic E-state index is 0.0388. The van der Waals surface area contributed by atoms with Gasteiger partial charge >= 0.3 is 5.63 Å². The number of hydrogen-bond acceptors (Lipinski definition) is 4. The van der Waals surface area contributed by atoms with E-state index >= 15 is 0 Å². The van der Waals surface area contributed by atoms with Gasteiger partial charge in [-0.3, -0.25) is 9.59 Å². The molecule has 6 nitrogen and oxygen atoms in total. The molecule has 1 aromatic heterocycles. The van der Waals surface area contributed by atoms with Gasteiger partial charge in [-0.15, -0.1) is 0 Å². The summed E-state index contributed by atoms with van der Waals surface area (Å²) in [5, 5.41) is 3.70. The number of aryl methyl sites for hydroxylation is 1. The Hall–Kier alpha value is -3.41. The summed E-state index contributed by atoms with van der Waals surface area (Å²) in [5.74, 6) is -0.00979. The minimum Gasteiger partial charge on any atom is -0.423 e. The zero-order chi connectivity index (χ0) is 20.9. The van der Waals surface area contributed by atoms with Crippen molar-refractivity contribution >= 4 is 28.5 Å². The lowest BCUT2D eigenvalue weighted by atomic mass is 9.95. The van der Waals surface area contributed by atoms with E-state index in [9.17, 15) is 14.4 Å². The van der Waals surface area contributed by atoms with Gasteiger partial charge in [0.15, 0.2) is 0 Å². The number of benzene rings is 2. The third-order valence-electron chi connectivity index (χ3n) is 5.58. The van der Waals surface area contributed by atoms with Crippen molar-refractivity contribution in [3.8, 4) is 0 Å². The van der Waals surface area contributed by atoms with Crippen molar-refractivity contribution in [2.24, 2.45) is 5.92 Å². The van der Waals surface area contributed by atoms with E-state index in [0.29, 0.717) is 43.6 Å². The van der Waals surface area contributed by atoms with Gasteiger partial charge in [0.05, 0.1) is 0 Å². The number of rotatable bonds is 5. The fraction of sp³-hybridized carbons (Fsp3) is 0.292. The van der Waals surface area contributed by atoms with Gasteiger partial charge in [-0.1, -0.05) is 30.3 Å². The first kappa shape index (κ1) is 19.9. The van der Waals surface area contributed by atoms with Crippen LogP contribution < -0.4 is 10.9 Å². The third kappa shape index (κ3) is 4.76. The lowest BCUT2D eigenvalue weighted by Crippen LogP contribution is -2.41. The Morgan fingerprint density at radius 1 is 1.00 bits per heavy atom. The standard InChI is InChI=1S/C24H24N2O4/c27-22(10-6-17-4-2-1-3-5-17)26-14-12-18(13-15-26)24(29)25-20-8-9-21-19(16-20)7-11-23(28)30-21/h1-5,7-9,11,16,18H,6,10,12-15H2,(H,25,29). The van der Waals surface area contributed by atoms with Gasteiger partial charge in [0.25, 0.3) is 0 Å². The zero-order valence-corrected chi connectivity index (χ0v) is 16.7. The number of carbonyl (C=O) groups excluding carboxylic acids is 2. The largest absolute Gasteiger partial charge is 0.423 e. The van der Waals surface area contributed by atoms with Crippen LogP contribution in [0, 0.1) is 5.92 Å². The molecule has 2 aromatic carbocycles. The fourth-order valence-corrected chi connectivity index (χ4v) is 3.84. The lowest BCUT2D eigenvalue weighted by Gasteiger charge is -2.31. The number of nitrogens with one attached hydrogen (secondary N) is 1. The Morgan fingerprint density at radius 3 is 2.53 bits per heavy atom. The first-order valence-electron chi connectivity index (χ1n) is 10.2. The molecule has 0 saturated carbocycles. The highest BCUT2D eigenvalue weighted by molar-refractivity contribution is 5.94. The average molecular weight is 404 g/mol. The second kappa shape index (κ2) is 8.95. The maximum absolute atomic E-state index is 12.7. The Morgan fingerprint density at radius 2 is 1.77 bits per heavy atom. The van der Waals surface area contributed by atoms with Gasteiger partial charge in [-0.2, -0.15) is 0 Å². The summed E-state index contributed by atoms with van der Waals surface area (Å²) < 4.78 is 5.11. The van der Waals surface area contributed by atoms with Crippen molar-refractivity contribution in [1.82, 2.24) is 4.90 Å². The molecule has 0 atom stereocenters. The van der Waals surface area contributed by atoms with Crippen LogP contribution in [0.4, 0.5) is 5.69 Å². The van der Waals surface area contributed by atoms with Crippen LogP contribution >= 0.6 is 0 Å². The molecule has 1 saturated heterocycles. The summed E-state index contributed by atoms with van der Waals surface area (Å²) in [6.45, 7) is 1.21. The summed E-state index contributed by atoms with van der Waals surface area (Å²) in [5.41, 5.74) is 1.92. The van der Waals surface area contributed by atoms with Crippen LogP contribution in [0.3, 0.4) is 0 Å². The summed E-state index contributed by atoms with van der Waals surface area (Å²) in [4.78, 5) is 38.3. The molecular formula is C24H24N2O4. The van der Waals surface area contributed by atoms with Crippen LogP contribution in [0.1, 0.15) is 24.8 Å². The SMILES string of the molecule is O=C(Nc1ccc2oc(=O)ccc2c1)C1CCN(C(=O)CCc2ccccc2)CC1. The van der Waals surface area contributed by atoms with Gasteiger partial charge in [-0.05, 0) is 49.1 Å². The maximum Gasteiger partial charge on any atom is 0.336 e. The molecule has 6 heteroatoms. The molecule has 0 radical (unpaired) electrons. The quantitative estimate of drug-likeness (QED) is 0.659. The van der Waals surface area contributed by atoms with Gasteiger partial charge in [0.2, 0.25) is 11.8 Å². The normalized spacial score (nSPS) is 14.6. The smallest absolute Gasteiger partial charge is 0.336 e. The van der Waals surface area contributed by atoms with Crippen LogP contribution in [-0.4, -0.2) is 29.8 Å². The fourth-order valence-electron chi connectivity index (χ4n) is 3.84. The van der Waals surface area contributed by atoms with E-state index < -0.39 is 5.63 Å². The van der Waals surface area contributed by atoms with Crippen molar-refractivity contribution in [3.63, 3.8) is 0 Å². The zero-order valence-electron chi connectivity index (χ0n) is 16.7. The Labute approximate surface area is 174 Å². The molecule has 0 bridgehead atoms. The first-order valence-corrected chi connectivity index (χ1v) is 10.2. The second-order valence-corrected chi connectivity index (χ2v) is 7.64. The highest BCUT2D eigenvalue weighted by Crippen LogP contribution is 2.22. The number of likely N-dealkylation sites (tertiary alicyclic amines) is 1. The molecule has 1 aliphatic rings. The molecule has 1 fully saturated rings. The van der Waals surface area contributed by atoms with Gasteiger partial charge in [0.1, 0.15) is 5.58 Å². The number of amides is 2. The minimum atomic E-state index is -0.399. The van der Waals surface area contributed by atoms with E-state index in [-0.39, 0.29) is 17.7 Å². The number of nitrogens with zero attached hydrogens (tertiary/aromatic N) is 1. The van der Waals surface area contributed by atoms with Crippen molar-refractivity contribution in [2.75, 3.05) is 18.4 Å². The molecule has 3 aromatic rings. The van der Waals surface area contributed by atoms with Crippen LogP contribution in [0.15, 0.2) is 69.9 Å². The van der Waals surface area contributed by atoms with Gasteiger partial charge in [0, 0.05) is 42.6 Å². The second-order valence-electron chi connectivity index (χ2n) is 7.64. The molecule has 2 amide bonds. The molecule has 0 aliphatic carbocycles. The summed E-state index contributed by atoms with van der Waals surface area (Å²) in [6.07, 6.45) is 2.55. The summed E-state index contributed by atoms with van der Waals surface area (Å²) in [6, 6.07) is 18.2. The monoisotopic (exact) mass is 404 g/mol. The Balaban J connectivity index is 1.28. The van der Waals surface area contributed by atoms with Crippen LogP contribution in [0.5, 0.6) is 0 Å². The Bertz CT molecular complexity index is 1100. The number of piperidine rings is 1. The van der Waals surface area contributed by atoms with Gasteiger partial charge < -0.3 is 14.6 Å². The van der Waals surface area contributed by atoms with E-state index in [1.165, 1.54) is 6.07 Å². The number of fused-ring (bicyclic) bond motifs is 1. The lowest BCUT2D eigenvalue weighted by molar-refractivity contribution is -0.134. The molecule has 154 valence electrons. The van der Waals surface area contributed by atoms with E-state index in [0.717, 1.165) is 17.4 Å². The van der Waals surface area contributed by atoms with Crippen molar-refractivity contribution in [1.29, 1.82) is 0 Å². The molecule has 1 aliphatic heterocycles. The first-order chi connectivity index (χ1) is 14.6. The van der Waals surface area contributed by atoms with Crippen LogP contribution in [0.25, 0.3) is 11.0 Å². The predicted octanol–water partition coefficient (Wildman–Crippen LogP) is 3.60. The third-order valence-corrected chi connectivity index (χ3v) is 5.58. The Kier molecular flexibility index (Phi) is 5.93. The van der Waals surface area contributed by atoms with Crippen molar-refractivity contribution in [2.45, 2.75) is 25.7 Å². The molecular weight excluding hydrogens is 380 g/mol. The highest BCUT2D eigenvalue weighted by Gasteiger charge is 2.27. The molecule has 30 heavy (non-hydrogen) atoms. The highest BCUT2D eigenvalue weighted by atomic mass is 16.4. The van der Waals surface area contributed by atoms with E-state index in [4.69, 9.17) is 4.42 Å². The maximum atomic E-state index is 12.7. The van der Waals surface area contributed by atoms with E-state index in [1.807, 2.05) is 35.2 Å². The summed E-state index contributed by atoms with van der Waals surface area (Å²) >= 11 is 0. The molecule has 1 N–H and O–H groups in total. The van der Waals surface area contributed by atoms with Crippen LogP contribution in [0.2, 0.25) is 0 Å². The van der Waals surface area contributed by atoms with Crippen molar-refractivity contribution < 1.29 is 14.0 Å². The molecule has 0 unspecified atom stereocenters. The molecule has 2 heterocycles. The average Bonchev–Trinajstić information content (AvgIpc) is 2.78. The number of anilines is 1. The van der Waals surface area contributed by atoms with E-state index in [2.05, 4.69) is 5.32 Å². The van der Waals surface area contributed by atoms with Crippen molar-refractivity contribution in [3.05, 3.63) is 76.6 Å². The number of hydrogen-bond donors (Lipinski definition) is 1. The van der Waals surface area contributed by atoms with Gasteiger partial charge in [-0.25, -0.2) is 4.79 Å². The topological polar surface area (TPSA) is 79.6 Å².